The SMILES string of the molecule is O=c1cc(CN2CCC(O)CC2)nc2scnn12. The Morgan fingerprint density at radius 3 is 3.00 bits per heavy atom. The predicted octanol–water partition coefficient (Wildman–Crippen LogP) is 0.108. The first-order valence-electron chi connectivity index (χ1n) is 5.95. The fraction of sp³-hybridized carbons (Fsp3) is 0.545. The molecule has 1 N–H and O–H groups in total. The lowest BCUT2D eigenvalue weighted by atomic mass is 10.1. The van der Waals surface area contributed by atoms with Crippen LogP contribution in [0.15, 0.2) is 16.4 Å². The summed E-state index contributed by atoms with van der Waals surface area (Å²) in [5.74, 6) is 0. The smallest absolute Gasteiger partial charge is 0.275 e. The lowest BCUT2D eigenvalue weighted by molar-refractivity contribution is 0.0787. The number of piperidine rings is 1. The van der Waals surface area contributed by atoms with Gasteiger partial charge in [0, 0.05) is 25.7 Å². The highest BCUT2D eigenvalue weighted by molar-refractivity contribution is 7.14. The van der Waals surface area contributed by atoms with Crippen LogP contribution in [0, 0.1) is 0 Å². The zero-order valence-electron chi connectivity index (χ0n) is 9.82. The third-order valence-electron chi connectivity index (χ3n) is 3.18. The van der Waals surface area contributed by atoms with Gasteiger partial charge in [-0.1, -0.05) is 11.3 Å². The van der Waals surface area contributed by atoms with Crippen molar-refractivity contribution in [3.8, 4) is 0 Å². The van der Waals surface area contributed by atoms with Crippen LogP contribution in [0.25, 0.3) is 4.96 Å². The van der Waals surface area contributed by atoms with Gasteiger partial charge in [-0.3, -0.25) is 9.69 Å². The molecule has 0 radical (unpaired) electrons. The third-order valence-corrected chi connectivity index (χ3v) is 3.86. The van der Waals surface area contributed by atoms with Crippen LogP contribution in [-0.4, -0.2) is 43.8 Å². The van der Waals surface area contributed by atoms with Gasteiger partial charge in [0.05, 0.1) is 11.8 Å². The van der Waals surface area contributed by atoms with E-state index in [-0.39, 0.29) is 11.7 Å². The average molecular weight is 266 g/mol. The second kappa shape index (κ2) is 4.75. The Labute approximate surface area is 108 Å². The molecule has 0 unspecified atom stereocenters. The van der Waals surface area contributed by atoms with E-state index in [1.54, 1.807) is 5.51 Å². The van der Waals surface area contributed by atoms with Crippen molar-refractivity contribution in [2.45, 2.75) is 25.5 Å². The summed E-state index contributed by atoms with van der Waals surface area (Å²) in [6.45, 7) is 2.37. The van der Waals surface area contributed by atoms with E-state index in [1.807, 2.05) is 0 Å². The zero-order chi connectivity index (χ0) is 12.5. The zero-order valence-corrected chi connectivity index (χ0v) is 10.6. The molecule has 2 aromatic heterocycles. The summed E-state index contributed by atoms with van der Waals surface area (Å²) in [5, 5.41) is 13.4. The highest BCUT2D eigenvalue weighted by atomic mass is 32.1. The monoisotopic (exact) mass is 266 g/mol. The Bertz CT molecular complexity index is 600. The number of aliphatic hydroxyl groups excluding tert-OH is 1. The lowest BCUT2D eigenvalue weighted by Gasteiger charge is -2.28. The molecule has 3 rings (SSSR count). The van der Waals surface area contributed by atoms with Crippen molar-refractivity contribution >= 4 is 16.3 Å². The molecule has 1 fully saturated rings. The molecule has 3 heterocycles. The quantitative estimate of drug-likeness (QED) is 0.835. The van der Waals surface area contributed by atoms with Gasteiger partial charge in [-0.25, -0.2) is 4.98 Å². The molecule has 1 aliphatic heterocycles. The second-order valence-corrected chi connectivity index (χ2v) is 5.34. The van der Waals surface area contributed by atoms with Crippen molar-refractivity contribution in [1.29, 1.82) is 0 Å². The van der Waals surface area contributed by atoms with Gasteiger partial charge >= 0.3 is 0 Å². The molecule has 0 aromatic carbocycles. The Morgan fingerprint density at radius 1 is 1.44 bits per heavy atom. The number of aromatic nitrogens is 3. The van der Waals surface area contributed by atoms with E-state index in [1.165, 1.54) is 21.9 Å². The van der Waals surface area contributed by atoms with Gasteiger partial charge in [-0.05, 0) is 12.8 Å². The minimum absolute atomic E-state index is 0.131. The van der Waals surface area contributed by atoms with Crippen molar-refractivity contribution in [1.82, 2.24) is 19.5 Å². The third kappa shape index (κ3) is 2.29. The number of fused-ring (bicyclic) bond motifs is 1. The van der Waals surface area contributed by atoms with Crippen LogP contribution in [0.3, 0.4) is 0 Å². The fourth-order valence-corrected chi connectivity index (χ4v) is 2.83. The number of hydrogen-bond donors (Lipinski definition) is 1. The van der Waals surface area contributed by atoms with Crippen LogP contribution in [0.2, 0.25) is 0 Å². The van der Waals surface area contributed by atoms with Gasteiger partial charge in [0.1, 0.15) is 5.51 Å². The molecule has 0 amide bonds. The van der Waals surface area contributed by atoms with Gasteiger partial charge in [0.2, 0.25) is 4.96 Å². The molecule has 1 aliphatic rings. The van der Waals surface area contributed by atoms with Crippen molar-refractivity contribution < 1.29 is 5.11 Å². The van der Waals surface area contributed by atoms with Crippen molar-refractivity contribution in [3.63, 3.8) is 0 Å². The molecule has 0 atom stereocenters. The van der Waals surface area contributed by atoms with Crippen LogP contribution in [0.5, 0.6) is 0 Å². The van der Waals surface area contributed by atoms with E-state index >= 15 is 0 Å². The van der Waals surface area contributed by atoms with Gasteiger partial charge in [-0.2, -0.15) is 9.61 Å². The first-order chi connectivity index (χ1) is 8.72. The highest BCUT2D eigenvalue weighted by Gasteiger charge is 2.17. The number of aliphatic hydroxyl groups is 1. The van der Waals surface area contributed by atoms with Gasteiger partial charge in [0.15, 0.2) is 0 Å². The van der Waals surface area contributed by atoms with Crippen molar-refractivity contribution in [2.75, 3.05) is 13.1 Å². The topological polar surface area (TPSA) is 70.7 Å². The van der Waals surface area contributed by atoms with E-state index in [9.17, 15) is 9.90 Å². The van der Waals surface area contributed by atoms with Crippen LogP contribution in [0.1, 0.15) is 18.5 Å². The van der Waals surface area contributed by atoms with Crippen LogP contribution in [-0.2, 0) is 6.54 Å². The van der Waals surface area contributed by atoms with Crippen molar-refractivity contribution in [3.05, 3.63) is 27.6 Å². The maximum atomic E-state index is 11.8. The van der Waals surface area contributed by atoms with E-state index in [0.29, 0.717) is 11.5 Å². The molecular weight excluding hydrogens is 252 g/mol. The van der Waals surface area contributed by atoms with E-state index in [4.69, 9.17) is 0 Å². The summed E-state index contributed by atoms with van der Waals surface area (Å²) in [5.41, 5.74) is 2.26. The van der Waals surface area contributed by atoms with Gasteiger partial charge in [-0.15, -0.1) is 0 Å². The summed E-state index contributed by atoms with van der Waals surface area (Å²) >= 11 is 1.36. The molecule has 96 valence electrons. The summed E-state index contributed by atoms with van der Waals surface area (Å²) < 4.78 is 1.31. The number of hydrogen-bond acceptors (Lipinski definition) is 6. The molecule has 18 heavy (non-hydrogen) atoms. The van der Waals surface area contributed by atoms with Gasteiger partial charge < -0.3 is 5.11 Å². The molecule has 0 bridgehead atoms. The molecule has 7 heteroatoms. The van der Waals surface area contributed by atoms with Crippen LogP contribution >= 0.6 is 11.3 Å². The predicted molar refractivity (Wildman–Crippen MR) is 67.7 cm³/mol. The van der Waals surface area contributed by atoms with E-state index in [0.717, 1.165) is 31.6 Å². The first kappa shape index (κ1) is 11.8. The minimum atomic E-state index is -0.177. The molecule has 2 aromatic rings. The number of nitrogens with zero attached hydrogens (tertiary/aromatic N) is 4. The maximum absolute atomic E-state index is 11.8. The molecule has 0 spiro atoms. The summed E-state index contributed by atoms with van der Waals surface area (Å²) in [4.78, 5) is 19.0. The highest BCUT2D eigenvalue weighted by Crippen LogP contribution is 2.13. The van der Waals surface area contributed by atoms with Crippen molar-refractivity contribution in [2.24, 2.45) is 0 Å². The van der Waals surface area contributed by atoms with Gasteiger partial charge in [0.25, 0.3) is 5.56 Å². The van der Waals surface area contributed by atoms with E-state index < -0.39 is 0 Å². The Hall–Kier alpha value is -1.31. The Kier molecular flexibility index (Phi) is 3.11. The molecule has 1 saturated heterocycles. The summed E-state index contributed by atoms with van der Waals surface area (Å²) in [6, 6.07) is 1.54. The minimum Gasteiger partial charge on any atom is -0.393 e. The fourth-order valence-electron chi connectivity index (χ4n) is 2.19. The summed E-state index contributed by atoms with van der Waals surface area (Å²) in [6.07, 6.45) is 1.41. The number of rotatable bonds is 2. The summed E-state index contributed by atoms with van der Waals surface area (Å²) in [7, 11) is 0. The molecular formula is C11H14N4O2S. The lowest BCUT2D eigenvalue weighted by Crippen LogP contribution is -2.35. The van der Waals surface area contributed by atoms with Crippen LogP contribution in [0.4, 0.5) is 0 Å². The maximum Gasteiger partial charge on any atom is 0.275 e. The second-order valence-electron chi connectivity index (χ2n) is 4.53. The normalized spacial score (nSPS) is 18.5. The van der Waals surface area contributed by atoms with E-state index in [2.05, 4.69) is 15.0 Å². The molecule has 0 saturated carbocycles. The first-order valence-corrected chi connectivity index (χ1v) is 6.83. The number of likely N-dealkylation sites (tertiary alicyclic amines) is 1. The Morgan fingerprint density at radius 2 is 2.22 bits per heavy atom. The van der Waals surface area contributed by atoms with Crippen LogP contribution < -0.4 is 5.56 Å². The molecule has 6 nitrogen and oxygen atoms in total. The Balaban J connectivity index is 1.80. The average Bonchev–Trinajstić information content (AvgIpc) is 2.81. The largest absolute Gasteiger partial charge is 0.393 e. The molecule has 0 aliphatic carbocycles. The standard InChI is InChI=1S/C11H14N4O2S/c16-9-1-3-14(4-2-9)6-8-5-10(17)15-11(13-8)18-7-12-15/h5,7,9,16H,1-4,6H2.